The van der Waals surface area contributed by atoms with Gasteiger partial charge in [-0.15, -0.1) is 0 Å². The smallest absolute Gasteiger partial charge is 0.265 e. The van der Waals surface area contributed by atoms with Crippen molar-refractivity contribution < 1.29 is 14.3 Å². The Bertz CT molecular complexity index is 1190. The highest BCUT2D eigenvalue weighted by molar-refractivity contribution is 9.10. The van der Waals surface area contributed by atoms with Gasteiger partial charge in [0.25, 0.3) is 11.8 Å². The Morgan fingerprint density at radius 2 is 1.71 bits per heavy atom. The second kappa shape index (κ2) is 8.64. The minimum atomic E-state index is -0.406. The molecule has 0 aliphatic carbocycles. The zero-order valence-corrected chi connectivity index (χ0v) is 19.4. The highest BCUT2D eigenvalue weighted by Crippen LogP contribution is 2.28. The molecule has 1 aliphatic rings. The first kappa shape index (κ1) is 21.3. The number of thiocarbonyl (C=S) groups is 1. The molecule has 2 aromatic carbocycles. The van der Waals surface area contributed by atoms with E-state index < -0.39 is 11.8 Å². The van der Waals surface area contributed by atoms with Crippen molar-refractivity contribution >= 4 is 62.1 Å². The second-order valence-electron chi connectivity index (χ2n) is 7.17. The van der Waals surface area contributed by atoms with E-state index >= 15 is 0 Å². The summed E-state index contributed by atoms with van der Waals surface area (Å²) in [4.78, 5) is 28.1. The van der Waals surface area contributed by atoms with Crippen LogP contribution in [-0.4, -0.2) is 52.0 Å². The Morgan fingerprint density at radius 1 is 1.03 bits per heavy atom. The van der Waals surface area contributed by atoms with Crippen LogP contribution in [0.25, 0.3) is 17.0 Å². The van der Waals surface area contributed by atoms with Crippen molar-refractivity contribution in [2.45, 2.75) is 6.54 Å². The van der Waals surface area contributed by atoms with Crippen LogP contribution in [0, 0.1) is 0 Å². The molecule has 31 heavy (non-hydrogen) atoms. The van der Waals surface area contributed by atoms with Gasteiger partial charge in [-0.3, -0.25) is 19.4 Å². The molecule has 2 amide bonds. The molecule has 0 radical (unpaired) electrons. The fraction of sp³-hybridized carbons (Fsp3) is 0.174. The Morgan fingerprint density at radius 3 is 2.39 bits per heavy atom. The zero-order chi connectivity index (χ0) is 22.1. The highest BCUT2D eigenvalue weighted by Gasteiger charge is 2.35. The third kappa shape index (κ3) is 4.13. The Balaban J connectivity index is 1.68. The van der Waals surface area contributed by atoms with E-state index in [9.17, 15) is 9.59 Å². The molecule has 158 valence electrons. The van der Waals surface area contributed by atoms with Crippen LogP contribution in [0.2, 0.25) is 0 Å². The summed E-state index contributed by atoms with van der Waals surface area (Å²) in [5.41, 5.74) is 1.85. The van der Waals surface area contributed by atoms with Crippen molar-refractivity contribution in [2.24, 2.45) is 0 Å². The highest BCUT2D eigenvalue weighted by atomic mass is 79.9. The van der Waals surface area contributed by atoms with Crippen LogP contribution in [0.15, 0.2) is 64.8 Å². The maximum Gasteiger partial charge on any atom is 0.265 e. The number of amides is 2. The van der Waals surface area contributed by atoms with Crippen LogP contribution >= 0.6 is 28.1 Å². The molecule has 0 atom stereocenters. The number of likely N-dealkylation sites (N-methyl/N-ethyl adjacent to an activating group) is 2. The van der Waals surface area contributed by atoms with Crippen LogP contribution in [0.5, 0.6) is 5.75 Å². The molecule has 6 nitrogen and oxygen atoms in total. The minimum absolute atomic E-state index is 0.0816. The largest absolute Gasteiger partial charge is 0.492 e. The molecule has 0 N–H and O–H groups in total. The SMILES string of the molecule is CN1C(=O)C(=Cc2cn(CCOc3ccccc3)c3ccc(Br)cc23)C(=O)N(C)C1=S. The van der Waals surface area contributed by atoms with Gasteiger partial charge in [-0.25, -0.2) is 0 Å². The van der Waals surface area contributed by atoms with Gasteiger partial charge in [-0.05, 0) is 48.6 Å². The standard InChI is InChI=1S/C23H20BrN3O3S/c1-25-21(28)19(22(29)26(2)23(25)31)12-15-14-27(20-9-8-16(24)13-18(15)20)10-11-30-17-6-4-3-5-7-17/h3-9,12-14H,10-11H2,1-2H3. The van der Waals surface area contributed by atoms with E-state index in [1.54, 1.807) is 20.2 Å². The van der Waals surface area contributed by atoms with Crippen LogP contribution < -0.4 is 4.74 Å². The van der Waals surface area contributed by atoms with Gasteiger partial charge < -0.3 is 9.30 Å². The first-order valence-corrected chi connectivity index (χ1v) is 10.8. The molecule has 3 aromatic rings. The fourth-order valence-corrected chi connectivity index (χ4v) is 4.03. The first-order chi connectivity index (χ1) is 14.9. The number of hydrogen-bond donors (Lipinski definition) is 0. The average molecular weight is 498 g/mol. The summed E-state index contributed by atoms with van der Waals surface area (Å²) in [5.74, 6) is -0.00249. The van der Waals surface area contributed by atoms with Gasteiger partial charge in [-0.1, -0.05) is 34.1 Å². The maximum atomic E-state index is 12.7. The number of halogens is 1. The molecule has 0 unspecified atom stereocenters. The summed E-state index contributed by atoms with van der Waals surface area (Å²) in [5, 5.41) is 1.12. The lowest BCUT2D eigenvalue weighted by Crippen LogP contribution is -2.52. The third-order valence-corrected chi connectivity index (χ3v) is 6.20. The molecule has 0 bridgehead atoms. The Labute approximate surface area is 193 Å². The van der Waals surface area contributed by atoms with Crippen molar-refractivity contribution in [3.63, 3.8) is 0 Å². The van der Waals surface area contributed by atoms with Crippen molar-refractivity contribution in [3.8, 4) is 5.75 Å². The normalized spacial score (nSPS) is 14.5. The van der Waals surface area contributed by atoms with E-state index in [1.807, 2.05) is 54.7 Å². The van der Waals surface area contributed by atoms with Gasteiger partial charge in [0.05, 0.1) is 6.54 Å². The van der Waals surface area contributed by atoms with Gasteiger partial charge in [0.2, 0.25) is 0 Å². The van der Waals surface area contributed by atoms with E-state index in [0.29, 0.717) is 13.2 Å². The molecule has 1 aromatic heterocycles. The zero-order valence-electron chi connectivity index (χ0n) is 17.0. The third-order valence-electron chi connectivity index (χ3n) is 5.16. The molecule has 1 aliphatic heterocycles. The second-order valence-corrected chi connectivity index (χ2v) is 8.45. The monoisotopic (exact) mass is 497 g/mol. The molecular weight excluding hydrogens is 478 g/mol. The molecule has 8 heteroatoms. The fourth-order valence-electron chi connectivity index (χ4n) is 3.51. The van der Waals surface area contributed by atoms with Crippen molar-refractivity contribution in [1.82, 2.24) is 14.4 Å². The number of benzene rings is 2. The van der Waals surface area contributed by atoms with Gasteiger partial charge >= 0.3 is 0 Å². The topological polar surface area (TPSA) is 54.8 Å². The molecule has 0 saturated carbocycles. The Kier molecular flexibility index (Phi) is 5.93. The van der Waals surface area contributed by atoms with Crippen molar-refractivity contribution in [1.29, 1.82) is 0 Å². The van der Waals surface area contributed by atoms with Crippen LogP contribution in [0.1, 0.15) is 5.56 Å². The average Bonchev–Trinajstić information content (AvgIpc) is 3.11. The number of nitrogens with zero attached hydrogens (tertiary/aromatic N) is 3. The predicted molar refractivity (Wildman–Crippen MR) is 128 cm³/mol. The van der Waals surface area contributed by atoms with Gasteiger partial charge in [-0.2, -0.15) is 0 Å². The van der Waals surface area contributed by atoms with E-state index in [4.69, 9.17) is 17.0 Å². The molecule has 1 saturated heterocycles. The van der Waals surface area contributed by atoms with Crippen molar-refractivity contribution in [2.75, 3.05) is 20.7 Å². The number of carbonyl (C=O) groups is 2. The van der Waals surface area contributed by atoms with E-state index in [-0.39, 0.29) is 10.7 Å². The summed E-state index contributed by atoms with van der Waals surface area (Å²) >= 11 is 8.68. The minimum Gasteiger partial charge on any atom is -0.492 e. The summed E-state index contributed by atoms with van der Waals surface area (Å²) in [6.07, 6.45) is 3.58. The number of ether oxygens (including phenoxy) is 1. The van der Waals surface area contributed by atoms with Crippen LogP contribution in [0.3, 0.4) is 0 Å². The molecule has 0 spiro atoms. The maximum absolute atomic E-state index is 12.7. The predicted octanol–water partition coefficient (Wildman–Crippen LogP) is 4.08. The summed E-state index contributed by atoms with van der Waals surface area (Å²) in [6.45, 7) is 1.10. The summed E-state index contributed by atoms with van der Waals surface area (Å²) in [6, 6.07) is 15.6. The molecular formula is C23H20BrN3O3S. The number of rotatable bonds is 5. The van der Waals surface area contributed by atoms with Gasteiger partial charge in [0.1, 0.15) is 17.9 Å². The van der Waals surface area contributed by atoms with Gasteiger partial charge in [0, 0.05) is 41.2 Å². The van der Waals surface area contributed by atoms with E-state index in [2.05, 4.69) is 20.5 Å². The number of carbonyl (C=O) groups excluding carboxylic acids is 2. The van der Waals surface area contributed by atoms with E-state index in [0.717, 1.165) is 26.7 Å². The van der Waals surface area contributed by atoms with E-state index in [1.165, 1.54) is 9.80 Å². The summed E-state index contributed by atoms with van der Waals surface area (Å²) < 4.78 is 8.81. The molecule has 2 heterocycles. The van der Waals surface area contributed by atoms with Gasteiger partial charge in [0.15, 0.2) is 5.11 Å². The van der Waals surface area contributed by atoms with Crippen molar-refractivity contribution in [3.05, 3.63) is 70.3 Å². The van der Waals surface area contributed by atoms with Crippen LogP contribution in [0.4, 0.5) is 0 Å². The lowest BCUT2D eigenvalue weighted by Gasteiger charge is -2.31. The number of para-hydroxylation sites is 1. The first-order valence-electron chi connectivity index (χ1n) is 9.65. The number of hydrogen-bond acceptors (Lipinski definition) is 4. The lowest BCUT2D eigenvalue weighted by molar-refractivity contribution is -0.132. The van der Waals surface area contributed by atoms with Crippen LogP contribution in [-0.2, 0) is 16.1 Å². The molecule has 4 rings (SSSR count). The lowest BCUT2D eigenvalue weighted by atomic mass is 10.1. The Hall–Kier alpha value is -2.97. The molecule has 1 fully saturated rings. The summed E-state index contributed by atoms with van der Waals surface area (Å²) in [7, 11) is 3.14. The number of fused-ring (bicyclic) bond motifs is 1. The number of aromatic nitrogens is 1. The quantitative estimate of drug-likeness (QED) is 0.302.